The Morgan fingerprint density at radius 2 is 1.14 bits per heavy atom. The minimum atomic E-state index is -4.04. The van der Waals surface area contributed by atoms with Crippen LogP contribution in [0.3, 0.4) is 0 Å². The number of hydrogen-bond donors (Lipinski definition) is 2. The summed E-state index contributed by atoms with van der Waals surface area (Å²) in [6.45, 7) is 18.7. The van der Waals surface area contributed by atoms with Gasteiger partial charge in [0.05, 0.1) is 21.2 Å². The first-order valence-corrected chi connectivity index (χ1v) is 21.6. The van der Waals surface area contributed by atoms with E-state index in [1.165, 1.54) is 44.6 Å². The molecule has 0 aliphatic rings. The molecule has 49 heavy (non-hydrogen) atoms. The summed E-state index contributed by atoms with van der Waals surface area (Å²) < 4.78 is 56.9. The predicted octanol–water partition coefficient (Wildman–Crippen LogP) is 11.0. The molecule has 272 valence electrons. The lowest BCUT2D eigenvalue weighted by Crippen LogP contribution is -2.25. The minimum absolute atomic E-state index is 0.0218. The molecule has 0 radical (unpaired) electrons. The maximum atomic E-state index is 14.1. The Hall–Kier alpha value is -3.04. The van der Waals surface area contributed by atoms with E-state index in [9.17, 15) is 16.8 Å². The van der Waals surface area contributed by atoms with Gasteiger partial charge in [0.1, 0.15) is 0 Å². The number of hydrogen-bond acceptors (Lipinski definition) is 6. The van der Waals surface area contributed by atoms with Crippen molar-refractivity contribution in [3.05, 3.63) is 71.3 Å². The van der Waals surface area contributed by atoms with Crippen molar-refractivity contribution in [3.63, 3.8) is 0 Å². The van der Waals surface area contributed by atoms with Gasteiger partial charge in [-0.1, -0.05) is 106 Å². The molecule has 0 saturated heterocycles. The highest BCUT2D eigenvalue weighted by Gasteiger charge is 2.28. The van der Waals surface area contributed by atoms with Crippen molar-refractivity contribution in [2.45, 2.75) is 134 Å². The van der Waals surface area contributed by atoms with Gasteiger partial charge in [-0.25, -0.2) is 16.8 Å². The first-order valence-electron chi connectivity index (χ1n) is 18.3. The first-order chi connectivity index (χ1) is 23.1. The van der Waals surface area contributed by atoms with E-state index in [0.717, 1.165) is 60.3 Å². The molecule has 9 heteroatoms. The normalized spacial score (nSPS) is 12.2. The zero-order valence-electron chi connectivity index (χ0n) is 31.4. The van der Waals surface area contributed by atoms with Crippen molar-refractivity contribution in [2.75, 3.05) is 34.3 Å². The molecule has 0 aliphatic carbocycles. The SMILES string of the molecule is CCCCCCN(CCCCCC)c1ccc(Nc2ccc(NS(=O)(=O)c3c(C(C)C)cc(C(C)C)cc3C(C)C)cc2S(C)(=O)=O)cc1. The Morgan fingerprint density at radius 1 is 0.633 bits per heavy atom. The number of nitrogens with one attached hydrogen (secondary N) is 2. The lowest BCUT2D eigenvalue weighted by molar-refractivity contribution is 0.594. The fraction of sp³-hybridized carbons (Fsp3) is 0.550. The summed E-state index contributed by atoms with van der Waals surface area (Å²) in [6, 6.07) is 16.8. The third-order valence-corrected chi connectivity index (χ3v) is 11.7. The van der Waals surface area contributed by atoms with Crippen molar-refractivity contribution in [3.8, 4) is 0 Å². The monoisotopic (exact) mass is 711 g/mol. The number of unbranched alkanes of at least 4 members (excludes halogenated alkanes) is 6. The maximum Gasteiger partial charge on any atom is 0.262 e. The lowest BCUT2D eigenvalue weighted by atomic mass is 9.89. The third kappa shape index (κ3) is 11.5. The summed E-state index contributed by atoms with van der Waals surface area (Å²) in [4.78, 5) is 2.76. The molecule has 3 aromatic rings. The molecule has 0 aliphatic heterocycles. The molecule has 3 rings (SSSR count). The average Bonchev–Trinajstić information content (AvgIpc) is 3.03. The van der Waals surface area contributed by atoms with Crippen molar-refractivity contribution in [1.82, 2.24) is 0 Å². The molecule has 0 unspecified atom stereocenters. The van der Waals surface area contributed by atoms with Gasteiger partial charge in [0.2, 0.25) is 0 Å². The fourth-order valence-electron chi connectivity index (χ4n) is 6.14. The molecule has 0 heterocycles. The van der Waals surface area contributed by atoms with Gasteiger partial charge in [-0.2, -0.15) is 0 Å². The highest BCUT2D eigenvalue weighted by atomic mass is 32.2. The first kappa shape index (κ1) is 40.4. The molecule has 7 nitrogen and oxygen atoms in total. The van der Waals surface area contributed by atoms with E-state index in [-0.39, 0.29) is 33.2 Å². The van der Waals surface area contributed by atoms with Gasteiger partial charge in [-0.3, -0.25) is 4.72 Å². The molecule has 0 atom stereocenters. The Morgan fingerprint density at radius 3 is 1.59 bits per heavy atom. The van der Waals surface area contributed by atoms with E-state index < -0.39 is 19.9 Å². The van der Waals surface area contributed by atoms with Crippen LogP contribution >= 0.6 is 0 Å². The minimum Gasteiger partial charge on any atom is -0.372 e. The third-order valence-electron chi connectivity index (χ3n) is 9.06. The second-order valence-corrected chi connectivity index (χ2v) is 18.0. The Bertz CT molecular complexity index is 1670. The van der Waals surface area contributed by atoms with Crippen LogP contribution in [0.25, 0.3) is 0 Å². The van der Waals surface area contributed by atoms with Crippen LogP contribution in [0.2, 0.25) is 0 Å². The van der Waals surface area contributed by atoms with Crippen LogP contribution in [0.1, 0.15) is 141 Å². The molecule has 0 spiro atoms. The summed E-state index contributed by atoms with van der Waals surface area (Å²) in [7, 11) is -7.76. The summed E-state index contributed by atoms with van der Waals surface area (Å²) in [5.41, 5.74) is 5.12. The summed E-state index contributed by atoms with van der Waals surface area (Å²) in [6.07, 6.45) is 10.8. The summed E-state index contributed by atoms with van der Waals surface area (Å²) in [5, 5.41) is 3.28. The standard InChI is InChI=1S/C40H61N3O4S2/c1-10-12-14-16-24-43(25-17-15-13-11-2)35-21-18-33(19-22-35)41-38-23-20-34(28-39(38)48(9,44)45)42-49(46,47)40-36(30(5)6)26-32(29(3)4)27-37(40)31(7)8/h18-23,26-31,41-42H,10-17,24-25H2,1-9H3. The lowest BCUT2D eigenvalue weighted by Gasteiger charge is -2.25. The van der Waals surface area contributed by atoms with E-state index in [1.54, 1.807) is 12.1 Å². The zero-order chi connectivity index (χ0) is 36.4. The fourth-order valence-corrected chi connectivity index (χ4v) is 8.75. The van der Waals surface area contributed by atoms with Crippen molar-refractivity contribution >= 4 is 42.6 Å². The topological polar surface area (TPSA) is 95.6 Å². The second kappa shape index (κ2) is 18.3. The van der Waals surface area contributed by atoms with Crippen LogP contribution < -0.4 is 14.9 Å². The van der Waals surface area contributed by atoms with Gasteiger partial charge in [0.15, 0.2) is 9.84 Å². The Kier molecular flexibility index (Phi) is 15.1. The van der Waals surface area contributed by atoms with E-state index >= 15 is 0 Å². The van der Waals surface area contributed by atoms with E-state index in [1.807, 2.05) is 52.0 Å². The van der Waals surface area contributed by atoms with Crippen LogP contribution in [0, 0.1) is 0 Å². The molecule has 0 aromatic heterocycles. The van der Waals surface area contributed by atoms with Gasteiger partial charge in [0.25, 0.3) is 10.0 Å². The van der Waals surface area contributed by atoms with E-state index in [0.29, 0.717) is 5.69 Å². The van der Waals surface area contributed by atoms with Gasteiger partial charge >= 0.3 is 0 Å². The molecule has 2 N–H and O–H groups in total. The number of benzene rings is 3. The van der Waals surface area contributed by atoms with Crippen LogP contribution in [0.15, 0.2) is 64.4 Å². The highest BCUT2D eigenvalue weighted by Crippen LogP contribution is 2.37. The molecule has 0 bridgehead atoms. The molecule has 0 saturated carbocycles. The van der Waals surface area contributed by atoms with E-state index in [2.05, 4.69) is 54.8 Å². The van der Waals surface area contributed by atoms with Crippen molar-refractivity contribution < 1.29 is 16.8 Å². The van der Waals surface area contributed by atoms with Crippen LogP contribution in [-0.2, 0) is 19.9 Å². The zero-order valence-corrected chi connectivity index (χ0v) is 33.0. The van der Waals surface area contributed by atoms with Crippen molar-refractivity contribution in [1.29, 1.82) is 0 Å². The second-order valence-electron chi connectivity index (χ2n) is 14.4. The Labute approximate surface area is 298 Å². The molecular weight excluding hydrogens is 651 g/mol. The number of sulfonamides is 1. The quantitative estimate of drug-likeness (QED) is 0.113. The maximum absolute atomic E-state index is 14.1. The highest BCUT2D eigenvalue weighted by molar-refractivity contribution is 7.93. The van der Waals surface area contributed by atoms with Gasteiger partial charge in [0, 0.05) is 30.7 Å². The van der Waals surface area contributed by atoms with E-state index in [4.69, 9.17) is 0 Å². The predicted molar refractivity (Wildman–Crippen MR) is 209 cm³/mol. The summed E-state index contributed by atoms with van der Waals surface area (Å²) >= 11 is 0. The van der Waals surface area contributed by atoms with Crippen molar-refractivity contribution in [2.24, 2.45) is 0 Å². The van der Waals surface area contributed by atoms with Crippen LogP contribution in [0.5, 0.6) is 0 Å². The number of rotatable bonds is 20. The number of sulfone groups is 1. The molecule has 3 aromatic carbocycles. The van der Waals surface area contributed by atoms with Gasteiger partial charge in [-0.15, -0.1) is 0 Å². The number of anilines is 4. The van der Waals surface area contributed by atoms with Crippen LogP contribution in [-0.4, -0.2) is 36.2 Å². The molecule has 0 amide bonds. The smallest absolute Gasteiger partial charge is 0.262 e. The average molecular weight is 712 g/mol. The molecular formula is C40H61N3O4S2. The molecule has 0 fully saturated rings. The largest absolute Gasteiger partial charge is 0.372 e. The number of nitrogens with zero attached hydrogens (tertiary/aromatic N) is 1. The van der Waals surface area contributed by atoms with Gasteiger partial charge < -0.3 is 10.2 Å². The Balaban J connectivity index is 1.92. The van der Waals surface area contributed by atoms with Crippen LogP contribution in [0.4, 0.5) is 22.7 Å². The van der Waals surface area contributed by atoms with Gasteiger partial charge in [-0.05, 0) is 89.8 Å². The summed E-state index contributed by atoms with van der Waals surface area (Å²) in [5.74, 6) is 0.196.